The molecule has 0 saturated carbocycles. The molecule has 0 spiro atoms. The molecule has 0 saturated heterocycles. The molecule has 2 aromatic rings. The molecule has 1 heterocycles. The van der Waals surface area contributed by atoms with Crippen LogP contribution in [0.15, 0.2) is 47.5 Å². The number of hydrogen-bond acceptors (Lipinski definition) is 3. The Labute approximate surface area is 143 Å². The first-order valence-corrected chi connectivity index (χ1v) is 8.94. The summed E-state index contributed by atoms with van der Waals surface area (Å²) in [6.07, 6.45) is 0. The Bertz CT molecular complexity index is 667. The summed E-state index contributed by atoms with van der Waals surface area (Å²) in [5.41, 5.74) is 3.66. The van der Waals surface area contributed by atoms with Crippen molar-refractivity contribution in [3.8, 4) is 5.75 Å². The number of nitrogens with zero attached hydrogens (tertiary/aromatic N) is 1. The van der Waals surface area contributed by atoms with E-state index in [9.17, 15) is 0 Å². The molecule has 108 valence electrons. The maximum atomic E-state index is 5.93. The smallest absolute Gasteiger partial charge is 0.133 e. The summed E-state index contributed by atoms with van der Waals surface area (Å²) in [5, 5.41) is 1.15. The molecule has 0 aliphatic carbocycles. The molecule has 1 aliphatic heterocycles. The summed E-state index contributed by atoms with van der Waals surface area (Å²) in [6.45, 7) is 3.63. The zero-order chi connectivity index (χ0) is 14.7. The first-order valence-electron chi connectivity index (χ1n) is 6.88. The van der Waals surface area contributed by atoms with Crippen molar-refractivity contribution in [1.29, 1.82) is 0 Å². The second-order valence-electron chi connectivity index (χ2n) is 4.95. The highest BCUT2D eigenvalue weighted by molar-refractivity contribution is 14.1. The summed E-state index contributed by atoms with van der Waals surface area (Å²) >= 11 is 4.16. The van der Waals surface area contributed by atoms with Gasteiger partial charge in [-0.1, -0.05) is 29.8 Å². The van der Waals surface area contributed by atoms with Gasteiger partial charge in [-0.05, 0) is 53.3 Å². The Hall–Kier alpha value is -1.01. The van der Waals surface area contributed by atoms with E-state index in [1.54, 1.807) is 0 Å². The third-order valence-electron chi connectivity index (χ3n) is 3.28. The van der Waals surface area contributed by atoms with Crippen molar-refractivity contribution in [2.24, 2.45) is 4.99 Å². The van der Waals surface area contributed by atoms with Crippen LogP contribution in [-0.4, -0.2) is 17.3 Å². The molecule has 1 aliphatic rings. The van der Waals surface area contributed by atoms with Gasteiger partial charge in [0.1, 0.15) is 12.4 Å². The molecule has 4 heteroatoms. The molecule has 2 nitrogen and oxygen atoms in total. The van der Waals surface area contributed by atoms with Gasteiger partial charge in [0, 0.05) is 17.9 Å². The SMILES string of the molecule is Cc1ccc(COc2ccc(C3=NCCS3)cc2I)cc1. The Kier molecular flexibility index (Phi) is 4.85. The van der Waals surface area contributed by atoms with Gasteiger partial charge in [0.2, 0.25) is 0 Å². The molecule has 0 aromatic heterocycles. The van der Waals surface area contributed by atoms with E-state index < -0.39 is 0 Å². The van der Waals surface area contributed by atoms with Crippen molar-refractivity contribution < 1.29 is 4.74 Å². The summed E-state index contributed by atoms with van der Waals surface area (Å²) < 4.78 is 7.06. The van der Waals surface area contributed by atoms with Crippen molar-refractivity contribution in [1.82, 2.24) is 0 Å². The number of aliphatic imine (C=N–C) groups is 1. The molecule has 2 aromatic carbocycles. The normalized spacial score (nSPS) is 14.1. The molecule has 0 fully saturated rings. The minimum Gasteiger partial charge on any atom is -0.488 e. The quantitative estimate of drug-likeness (QED) is 0.685. The van der Waals surface area contributed by atoms with Crippen LogP contribution >= 0.6 is 34.4 Å². The van der Waals surface area contributed by atoms with E-state index in [1.165, 1.54) is 16.7 Å². The molecule has 0 unspecified atom stereocenters. The highest BCUT2D eigenvalue weighted by Gasteiger charge is 2.11. The van der Waals surface area contributed by atoms with Crippen LogP contribution in [0.3, 0.4) is 0 Å². The van der Waals surface area contributed by atoms with Gasteiger partial charge >= 0.3 is 0 Å². The van der Waals surface area contributed by atoms with Gasteiger partial charge in [-0.2, -0.15) is 0 Å². The van der Waals surface area contributed by atoms with Crippen LogP contribution in [0.1, 0.15) is 16.7 Å². The van der Waals surface area contributed by atoms with E-state index in [0.717, 1.165) is 26.7 Å². The van der Waals surface area contributed by atoms with E-state index in [-0.39, 0.29) is 0 Å². The first kappa shape index (κ1) is 14.9. The minimum absolute atomic E-state index is 0.603. The Morgan fingerprint density at radius 3 is 2.67 bits per heavy atom. The van der Waals surface area contributed by atoms with E-state index in [1.807, 2.05) is 17.8 Å². The molecule has 0 bridgehead atoms. The lowest BCUT2D eigenvalue weighted by Gasteiger charge is -2.10. The van der Waals surface area contributed by atoms with Gasteiger partial charge in [0.15, 0.2) is 0 Å². The number of benzene rings is 2. The lowest BCUT2D eigenvalue weighted by atomic mass is 10.2. The predicted molar refractivity (Wildman–Crippen MR) is 98.5 cm³/mol. The topological polar surface area (TPSA) is 21.6 Å². The highest BCUT2D eigenvalue weighted by Crippen LogP contribution is 2.27. The Morgan fingerprint density at radius 1 is 1.19 bits per heavy atom. The average molecular weight is 409 g/mol. The zero-order valence-corrected chi connectivity index (χ0v) is 14.8. The second kappa shape index (κ2) is 6.83. The lowest BCUT2D eigenvalue weighted by Crippen LogP contribution is -1.99. The first-order chi connectivity index (χ1) is 10.2. The largest absolute Gasteiger partial charge is 0.488 e. The number of halogens is 1. The zero-order valence-electron chi connectivity index (χ0n) is 11.8. The molecular formula is C17H16INOS. The molecule has 0 N–H and O–H groups in total. The van der Waals surface area contributed by atoms with E-state index in [0.29, 0.717) is 6.61 Å². The molecule has 0 radical (unpaired) electrons. The molecular weight excluding hydrogens is 393 g/mol. The second-order valence-corrected chi connectivity index (χ2v) is 7.20. The summed E-state index contributed by atoms with van der Waals surface area (Å²) in [5.74, 6) is 2.03. The number of aryl methyl sites for hydroxylation is 1. The number of ether oxygens (including phenoxy) is 1. The van der Waals surface area contributed by atoms with Crippen molar-refractivity contribution in [2.45, 2.75) is 13.5 Å². The highest BCUT2D eigenvalue weighted by atomic mass is 127. The standard InChI is InChI=1S/C17H16INOS/c1-12-2-4-13(5-3-12)11-20-16-7-6-14(10-15(16)18)17-19-8-9-21-17/h2-7,10H,8-9,11H2,1H3. The number of rotatable bonds is 4. The van der Waals surface area contributed by atoms with Gasteiger partial charge < -0.3 is 4.74 Å². The third-order valence-corrected chi connectivity index (χ3v) is 5.15. The molecule has 0 atom stereocenters. The van der Waals surface area contributed by atoms with Crippen LogP contribution < -0.4 is 4.74 Å². The van der Waals surface area contributed by atoms with Crippen molar-refractivity contribution in [3.05, 3.63) is 62.7 Å². The van der Waals surface area contributed by atoms with Gasteiger partial charge in [-0.3, -0.25) is 4.99 Å². The van der Waals surface area contributed by atoms with Crippen molar-refractivity contribution >= 4 is 39.4 Å². The van der Waals surface area contributed by atoms with Crippen LogP contribution in [-0.2, 0) is 6.61 Å². The Balaban J connectivity index is 1.69. The number of thioether (sulfide) groups is 1. The summed E-state index contributed by atoms with van der Waals surface area (Å²) in [4.78, 5) is 4.51. The van der Waals surface area contributed by atoms with Crippen LogP contribution in [0.5, 0.6) is 5.75 Å². The summed E-state index contributed by atoms with van der Waals surface area (Å²) in [6, 6.07) is 14.8. The van der Waals surface area contributed by atoms with E-state index >= 15 is 0 Å². The summed E-state index contributed by atoms with van der Waals surface area (Å²) in [7, 11) is 0. The fourth-order valence-electron chi connectivity index (χ4n) is 2.11. The average Bonchev–Trinajstić information content (AvgIpc) is 3.02. The van der Waals surface area contributed by atoms with Crippen LogP contribution in [0, 0.1) is 10.5 Å². The predicted octanol–water partition coefficient (Wildman–Crippen LogP) is 4.67. The van der Waals surface area contributed by atoms with E-state index in [4.69, 9.17) is 4.74 Å². The minimum atomic E-state index is 0.603. The molecule has 0 amide bonds. The van der Waals surface area contributed by atoms with Crippen LogP contribution in [0.4, 0.5) is 0 Å². The maximum absolute atomic E-state index is 5.93. The monoisotopic (exact) mass is 409 g/mol. The third kappa shape index (κ3) is 3.80. The van der Waals surface area contributed by atoms with Crippen molar-refractivity contribution in [2.75, 3.05) is 12.3 Å². The molecule has 3 rings (SSSR count). The van der Waals surface area contributed by atoms with Gasteiger partial charge in [0.25, 0.3) is 0 Å². The Morgan fingerprint density at radius 2 is 2.00 bits per heavy atom. The van der Waals surface area contributed by atoms with Gasteiger partial charge in [0.05, 0.1) is 8.61 Å². The number of hydrogen-bond donors (Lipinski definition) is 0. The van der Waals surface area contributed by atoms with Crippen LogP contribution in [0.25, 0.3) is 0 Å². The fraction of sp³-hybridized carbons (Fsp3) is 0.235. The van der Waals surface area contributed by atoms with E-state index in [2.05, 4.69) is 70.9 Å². The maximum Gasteiger partial charge on any atom is 0.133 e. The van der Waals surface area contributed by atoms with Gasteiger partial charge in [-0.25, -0.2) is 0 Å². The van der Waals surface area contributed by atoms with Crippen LogP contribution in [0.2, 0.25) is 0 Å². The van der Waals surface area contributed by atoms with Crippen molar-refractivity contribution in [3.63, 3.8) is 0 Å². The lowest BCUT2D eigenvalue weighted by molar-refractivity contribution is 0.304. The van der Waals surface area contributed by atoms with Gasteiger partial charge in [-0.15, -0.1) is 11.8 Å². The fourth-order valence-corrected chi connectivity index (χ4v) is 3.63. The molecule has 21 heavy (non-hydrogen) atoms.